The summed E-state index contributed by atoms with van der Waals surface area (Å²) in [6.45, 7) is 8.73. The van der Waals surface area contributed by atoms with Crippen LogP contribution in [0.5, 0.6) is 0 Å². The standard InChI is InChI=1S/C18H28N4O3/c1-17(2)10-13(18(3,4)25-17)11-20-16(24)21-14-9-12(7-8-19-14)15(23)22(5)6/h7-9,13H,10-11H2,1-6H3,(H2,19,20,21,24). The smallest absolute Gasteiger partial charge is 0.320 e. The second kappa shape index (κ2) is 7.00. The van der Waals surface area contributed by atoms with E-state index in [1.54, 1.807) is 26.2 Å². The quantitative estimate of drug-likeness (QED) is 0.876. The molecule has 0 aromatic carbocycles. The number of hydrogen-bond donors (Lipinski definition) is 2. The third-order valence-electron chi connectivity index (χ3n) is 4.42. The number of ether oxygens (including phenoxy) is 1. The fraction of sp³-hybridized carbons (Fsp3) is 0.611. The number of hydrogen-bond acceptors (Lipinski definition) is 4. The van der Waals surface area contributed by atoms with Crippen LogP contribution in [0.25, 0.3) is 0 Å². The van der Waals surface area contributed by atoms with E-state index in [9.17, 15) is 9.59 Å². The Bertz CT molecular complexity index is 655. The van der Waals surface area contributed by atoms with Gasteiger partial charge in [0, 0.05) is 38.3 Å². The van der Waals surface area contributed by atoms with Crippen LogP contribution in [0, 0.1) is 5.92 Å². The molecule has 1 atom stereocenters. The topological polar surface area (TPSA) is 83.6 Å². The predicted octanol–water partition coefficient (Wildman–Crippen LogP) is 2.50. The number of pyridine rings is 1. The molecule has 1 aromatic heterocycles. The molecule has 0 bridgehead atoms. The third kappa shape index (κ3) is 4.92. The van der Waals surface area contributed by atoms with Crippen LogP contribution in [0.1, 0.15) is 44.5 Å². The lowest BCUT2D eigenvalue weighted by Crippen LogP contribution is -2.39. The Labute approximate surface area is 149 Å². The molecular weight excluding hydrogens is 320 g/mol. The highest BCUT2D eigenvalue weighted by Gasteiger charge is 2.45. The van der Waals surface area contributed by atoms with E-state index in [4.69, 9.17) is 4.74 Å². The van der Waals surface area contributed by atoms with Crippen LogP contribution >= 0.6 is 0 Å². The van der Waals surface area contributed by atoms with Gasteiger partial charge in [-0.05, 0) is 46.2 Å². The van der Waals surface area contributed by atoms with Gasteiger partial charge in [-0.25, -0.2) is 9.78 Å². The second-order valence-electron chi connectivity index (χ2n) is 7.83. The van der Waals surface area contributed by atoms with Crippen molar-refractivity contribution in [3.05, 3.63) is 23.9 Å². The number of anilines is 1. The number of nitrogens with zero attached hydrogens (tertiary/aromatic N) is 2. The van der Waals surface area contributed by atoms with Crippen molar-refractivity contribution in [1.82, 2.24) is 15.2 Å². The van der Waals surface area contributed by atoms with E-state index in [1.165, 1.54) is 11.1 Å². The molecule has 25 heavy (non-hydrogen) atoms. The number of aromatic nitrogens is 1. The molecule has 1 unspecified atom stereocenters. The van der Waals surface area contributed by atoms with Gasteiger partial charge in [0.25, 0.3) is 5.91 Å². The largest absolute Gasteiger partial charge is 0.369 e. The lowest BCUT2D eigenvalue weighted by atomic mass is 9.87. The van der Waals surface area contributed by atoms with Gasteiger partial charge in [-0.2, -0.15) is 0 Å². The van der Waals surface area contributed by atoms with Crippen molar-refractivity contribution in [3.63, 3.8) is 0 Å². The van der Waals surface area contributed by atoms with Crippen LogP contribution in [0.4, 0.5) is 10.6 Å². The highest BCUT2D eigenvalue weighted by Crippen LogP contribution is 2.41. The van der Waals surface area contributed by atoms with Crippen molar-refractivity contribution in [2.24, 2.45) is 5.92 Å². The fourth-order valence-corrected chi connectivity index (χ4v) is 3.26. The molecule has 2 heterocycles. The first-order valence-electron chi connectivity index (χ1n) is 8.43. The minimum atomic E-state index is -0.345. The summed E-state index contributed by atoms with van der Waals surface area (Å²) >= 11 is 0. The molecular formula is C18H28N4O3. The van der Waals surface area contributed by atoms with Gasteiger partial charge < -0.3 is 15.0 Å². The summed E-state index contributed by atoms with van der Waals surface area (Å²) in [7, 11) is 3.35. The van der Waals surface area contributed by atoms with Crippen LogP contribution in [-0.2, 0) is 4.74 Å². The van der Waals surface area contributed by atoms with Gasteiger partial charge in [0.05, 0.1) is 11.2 Å². The van der Waals surface area contributed by atoms with E-state index in [2.05, 4.69) is 29.5 Å². The van der Waals surface area contributed by atoms with E-state index >= 15 is 0 Å². The molecule has 0 aliphatic carbocycles. The van der Waals surface area contributed by atoms with Crippen LogP contribution < -0.4 is 10.6 Å². The van der Waals surface area contributed by atoms with E-state index < -0.39 is 0 Å². The SMILES string of the molecule is CN(C)C(=O)c1ccnc(NC(=O)NCC2CC(C)(C)OC2(C)C)c1. The van der Waals surface area contributed by atoms with Crippen LogP contribution in [-0.4, -0.2) is 53.7 Å². The van der Waals surface area contributed by atoms with Gasteiger partial charge in [-0.1, -0.05) is 0 Å². The van der Waals surface area contributed by atoms with Crippen molar-refractivity contribution in [1.29, 1.82) is 0 Å². The van der Waals surface area contributed by atoms with Crippen LogP contribution in [0.15, 0.2) is 18.3 Å². The van der Waals surface area contributed by atoms with Gasteiger partial charge in [-0.3, -0.25) is 10.1 Å². The van der Waals surface area contributed by atoms with Gasteiger partial charge >= 0.3 is 6.03 Å². The Balaban J connectivity index is 1.93. The van der Waals surface area contributed by atoms with E-state index in [0.717, 1.165) is 6.42 Å². The number of urea groups is 1. The lowest BCUT2D eigenvalue weighted by Gasteiger charge is -2.27. The normalized spacial score (nSPS) is 20.8. The highest BCUT2D eigenvalue weighted by molar-refractivity contribution is 5.95. The number of amides is 3. The van der Waals surface area contributed by atoms with E-state index in [0.29, 0.717) is 17.9 Å². The average molecular weight is 348 g/mol. The van der Waals surface area contributed by atoms with Crippen molar-refractivity contribution in [2.75, 3.05) is 26.0 Å². The number of carbonyl (C=O) groups is 2. The maximum absolute atomic E-state index is 12.2. The summed E-state index contributed by atoms with van der Waals surface area (Å²) in [4.78, 5) is 29.7. The van der Waals surface area contributed by atoms with Gasteiger partial charge in [0.1, 0.15) is 5.82 Å². The summed E-state index contributed by atoms with van der Waals surface area (Å²) in [5.41, 5.74) is 0.00401. The Morgan fingerprint density at radius 1 is 1.32 bits per heavy atom. The molecule has 0 spiro atoms. The Morgan fingerprint density at radius 3 is 2.56 bits per heavy atom. The molecule has 0 saturated carbocycles. The molecule has 2 N–H and O–H groups in total. The van der Waals surface area contributed by atoms with Crippen molar-refractivity contribution >= 4 is 17.8 Å². The molecule has 3 amide bonds. The first-order chi connectivity index (χ1) is 11.5. The van der Waals surface area contributed by atoms with Gasteiger partial charge in [-0.15, -0.1) is 0 Å². The monoisotopic (exact) mass is 348 g/mol. The molecule has 0 radical (unpaired) electrons. The summed E-state index contributed by atoms with van der Waals surface area (Å²) in [6.07, 6.45) is 2.38. The van der Waals surface area contributed by atoms with Crippen molar-refractivity contribution in [2.45, 2.75) is 45.3 Å². The second-order valence-corrected chi connectivity index (χ2v) is 7.83. The lowest BCUT2D eigenvalue weighted by molar-refractivity contribution is -0.0740. The van der Waals surface area contributed by atoms with Crippen molar-refractivity contribution < 1.29 is 14.3 Å². The number of carbonyl (C=O) groups excluding carboxylic acids is 2. The molecule has 138 valence electrons. The van der Waals surface area contributed by atoms with Crippen LogP contribution in [0.3, 0.4) is 0 Å². The first-order valence-corrected chi connectivity index (χ1v) is 8.43. The Kier molecular flexibility index (Phi) is 5.37. The van der Waals surface area contributed by atoms with E-state index in [-0.39, 0.29) is 29.1 Å². The average Bonchev–Trinajstić information content (AvgIpc) is 2.71. The fourth-order valence-electron chi connectivity index (χ4n) is 3.26. The molecule has 1 aromatic rings. The summed E-state index contributed by atoms with van der Waals surface area (Å²) in [5, 5.41) is 5.55. The first kappa shape index (κ1) is 19.2. The molecule has 1 aliphatic heterocycles. The summed E-state index contributed by atoms with van der Waals surface area (Å²) in [5.74, 6) is 0.424. The molecule has 1 fully saturated rings. The molecule has 7 nitrogen and oxygen atoms in total. The minimum absolute atomic E-state index is 0.141. The zero-order valence-corrected chi connectivity index (χ0v) is 15.8. The highest BCUT2D eigenvalue weighted by atomic mass is 16.5. The maximum atomic E-state index is 12.2. The van der Waals surface area contributed by atoms with Crippen LogP contribution in [0.2, 0.25) is 0 Å². The third-order valence-corrected chi connectivity index (χ3v) is 4.42. The zero-order valence-electron chi connectivity index (χ0n) is 15.8. The Morgan fingerprint density at radius 2 is 2.00 bits per heavy atom. The summed E-state index contributed by atoms with van der Waals surface area (Å²) < 4.78 is 6.04. The molecule has 1 saturated heterocycles. The molecule has 2 rings (SSSR count). The predicted molar refractivity (Wildman–Crippen MR) is 96.6 cm³/mol. The minimum Gasteiger partial charge on any atom is -0.369 e. The zero-order chi connectivity index (χ0) is 18.8. The molecule has 7 heteroatoms. The Hall–Kier alpha value is -2.15. The number of rotatable bonds is 4. The molecule has 1 aliphatic rings. The number of nitrogens with one attached hydrogen (secondary N) is 2. The summed E-state index contributed by atoms with van der Waals surface area (Å²) in [6, 6.07) is 2.84. The van der Waals surface area contributed by atoms with Crippen molar-refractivity contribution in [3.8, 4) is 0 Å². The van der Waals surface area contributed by atoms with Gasteiger partial charge in [0.2, 0.25) is 0 Å². The van der Waals surface area contributed by atoms with E-state index in [1.807, 2.05) is 13.8 Å². The maximum Gasteiger partial charge on any atom is 0.320 e. The van der Waals surface area contributed by atoms with Gasteiger partial charge in [0.15, 0.2) is 0 Å².